The number of nitrogens with one attached hydrogen (secondary N) is 1. The van der Waals surface area contributed by atoms with Gasteiger partial charge >= 0.3 is 0 Å². The van der Waals surface area contributed by atoms with Gasteiger partial charge in [-0.3, -0.25) is 14.7 Å². The fourth-order valence-corrected chi connectivity index (χ4v) is 3.03. The Hall–Kier alpha value is -2.79. The molecular formula is C17H18N6O2. The Morgan fingerprint density at radius 3 is 3.00 bits per heavy atom. The highest BCUT2D eigenvalue weighted by Gasteiger charge is 2.32. The summed E-state index contributed by atoms with van der Waals surface area (Å²) < 4.78 is 5.35. The van der Waals surface area contributed by atoms with Crippen molar-refractivity contribution in [1.82, 2.24) is 25.3 Å². The molecule has 0 aromatic carbocycles. The highest BCUT2D eigenvalue weighted by Crippen LogP contribution is 2.32. The SMILES string of the molecule is N#Cc1ccc(CN2CCC[C@H]2c2nc(C(=O)NC3CC3)no2)nc1. The van der Waals surface area contributed by atoms with Crippen LogP contribution in [0.5, 0.6) is 0 Å². The molecular weight excluding hydrogens is 320 g/mol. The average Bonchev–Trinajstić information content (AvgIpc) is 3.12. The van der Waals surface area contributed by atoms with E-state index in [9.17, 15) is 4.79 Å². The smallest absolute Gasteiger partial charge is 0.292 e. The molecule has 128 valence electrons. The molecule has 1 saturated heterocycles. The predicted octanol–water partition coefficient (Wildman–Crippen LogP) is 1.57. The molecule has 0 unspecified atom stereocenters. The Bertz CT molecular complexity index is 805. The van der Waals surface area contributed by atoms with Gasteiger partial charge in [0.05, 0.1) is 17.3 Å². The quantitative estimate of drug-likeness (QED) is 0.881. The van der Waals surface area contributed by atoms with Crippen molar-refractivity contribution >= 4 is 5.91 Å². The van der Waals surface area contributed by atoms with E-state index in [1.165, 1.54) is 0 Å². The Balaban J connectivity index is 1.44. The maximum atomic E-state index is 12.0. The summed E-state index contributed by atoms with van der Waals surface area (Å²) in [5.41, 5.74) is 1.43. The summed E-state index contributed by atoms with van der Waals surface area (Å²) in [5, 5.41) is 15.5. The lowest BCUT2D eigenvalue weighted by atomic mass is 10.2. The van der Waals surface area contributed by atoms with Crippen LogP contribution in [0.3, 0.4) is 0 Å². The van der Waals surface area contributed by atoms with Crippen molar-refractivity contribution in [2.45, 2.75) is 44.3 Å². The minimum Gasteiger partial charge on any atom is -0.346 e. The molecule has 0 bridgehead atoms. The lowest BCUT2D eigenvalue weighted by Crippen LogP contribution is -2.27. The van der Waals surface area contributed by atoms with Crippen molar-refractivity contribution in [2.24, 2.45) is 0 Å². The van der Waals surface area contributed by atoms with E-state index >= 15 is 0 Å². The van der Waals surface area contributed by atoms with E-state index in [1.807, 2.05) is 6.07 Å². The zero-order chi connectivity index (χ0) is 17.2. The molecule has 3 heterocycles. The monoisotopic (exact) mass is 338 g/mol. The van der Waals surface area contributed by atoms with Crippen molar-refractivity contribution in [3.63, 3.8) is 0 Å². The molecule has 8 heteroatoms. The van der Waals surface area contributed by atoms with Gasteiger partial charge in [0.2, 0.25) is 5.89 Å². The fraction of sp³-hybridized carbons (Fsp3) is 0.471. The number of carbonyl (C=O) groups is 1. The van der Waals surface area contributed by atoms with Crippen LogP contribution in [0.4, 0.5) is 0 Å². The molecule has 1 aliphatic carbocycles. The topological polar surface area (TPSA) is 108 Å². The second-order valence-electron chi connectivity index (χ2n) is 6.48. The van der Waals surface area contributed by atoms with Gasteiger partial charge in [-0.2, -0.15) is 10.2 Å². The van der Waals surface area contributed by atoms with Crippen LogP contribution in [0.2, 0.25) is 0 Å². The normalized spacial score (nSPS) is 20.4. The largest absolute Gasteiger partial charge is 0.346 e. The Kier molecular flexibility index (Phi) is 4.15. The second kappa shape index (κ2) is 6.61. The fourth-order valence-electron chi connectivity index (χ4n) is 3.03. The first-order valence-electron chi connectivity index (χ1n) is 8.46. The van der Waals surface area contributed by atoms with Crippen LogP contribution in [0.25, 0.3) is 0 Å². The van der Waals surface area contributed by atoms with Crippen LogP contribution in [-0.2, 0) is 6.54 Å². The lowest BCUT2D eigenvalue weighted by molar-refractivity contribution is 0.0937. The highest BCUT2D eigenvalue weighted by atomic mass is 16.5. The molecule has 1 aliphatic heterocycles. The molecule has 1 saturated carbocycles. The van der Waals surface area contributed by atoms with Gasteiger partial charge in [-0.05, 0) is 44.4 Å². The van der Waals surface area contributed by atoms with Gasteiger partial charge in [0.15, 0.2) is 0 Å². The van der Waals surface area contributed by atoms with E-state index in [-0.39, 0.29) is 23.8 Å². The van der Waals surface area contributed by atoms with Crippen molar-refractivity contribution in [2.75, 3.05) is 6.54 Å². The van der Waals surface area contributed by atoms with Gasteiger partial charge in [0.25, 0.3) is 11.7 Å². The third-order valence-electron chi connectivity index (χ3n) is 4.53. The number of carbonyl (C=O) groups excluding carboxylic acids is 1. The zero-order valence-corrected chi connectivity index (χ0v) is 13.7. The second-order valence-corrected chi connectivity index (χ2v) is 6.48. The van der Waals surface area contributed by atoms with Crippen LogP contribution >= 0.6 is 0 Å². The van der Waals surface area contributed by atoms with Gasteiger partial charge in [0, 0.05) is 18.8 Å². The number of hydrogen-bond donors (Lipinski definition) is 1. The predicted molar refractivity (Wildman–Crippen MR) is 86.1 cm³/mol. The highest BCUT2D eigenvalue weighted by molar-refractivity contribution is 5.90. The number of nitriles is 1. The molecule has 1 N–H and O–H groups in total. The third kappa shape index (κ3) is 3.51. The van der Waals surface area contributed by atoms with E-state index in [4.69, 9.17) is 9.78 Å². The lowest BCUT2D eigenvalue weighted by Gasteiger charge is -2.20. The van der Waals surface area contributed by atoms with E-state index in [0.717, 1.165) is 37.9 Å². The summed E-state index contributed by atoms with van der Waals surface area (Å²) in [6.07, 6.45) is 5.54. The first-order chi connectivity index (χ1) is 12.2. The summed E-state index contributed by atoms with van der Waals surface area (Å²) in [7, 11) is 0. The molecule has 2 fully saturated rings. The molecule has 2 aromatic rings. The number of rotatable bonds is 5. The van der Waals surface area contributed by atoms with Crippen molar-refractivity contribution < 1.29 is 9.32 Å². The summed E-state index contributed by atoms with van der Waals surface area (Å²) >= 11 is 0. The molecule has 0 radical (unpaired) electrons. The number of aromatic nitrogens is 3. The summed E-state index contributed by atoms with van der Waals surface area (Å²) in [6.45, 7) is 1.54. The first-order valence-corrected chi connectivity index (χ1v) is 8.46. The first kappa shape index (κ1) is 15.7. The van der Waals surface area contributed by atoms with E-state index in [2.05, 4.69) is 31.4 Å². The third-order valence-corrected chi connectivity index (χ3v) is 4.53. The van der Waals surface area contributed by atoms with Crippen LogP contribution in [0.1, 0.15) is 59.5 Å². The van der Waals surface area contributed by atoms with Gasteiger partial charge in [0.1, 0.15) is 6.07 Å². The number of likely N-dealkylation sites (tertiary alicyclic amines) is 1. The zero-order valence-electron chi connectivity index (χ0n) is 13.7. The number of hydrogen-bond acceptors (Lipinski definition) is 7. The molecule has 2 aromatic heterocycles. The summed E-state index contributed by atoms with van der Waals surface area (Å²) in [4.78, 5) is 22.8. The minimum atomic E-state index is -0.268. The van der Waals surface area contributed by atoms with Crippen LogP contribution in [0, 0.1) is 11.3 Å². The summed E-state index contributed by atoms with van der Waals surface area (Å²) in [5.74, 6) is 0.313. The molecule has 8 nitrogen and oxygen atoms in total. The standard InChI is InChI=1S/C17H18N6O2/c18-8-11-3-4-13(19-9-11)10-23-7-1-2-14(23)17-21-15(22-25-17)16(24)20-12-5-6-12/h3-4,9,12,14H,1-2,5-7,10H2,(H,20,24)/t14-/m0/s1. The van der Waals surface area contributed by atoms with Gasteiger partial charge < -0.3 is 9.84 Å². The van der Waals surface area contributed by atoms with Crippen LogP contribution < -0.4 is 5.32 Å². The van der Waals surface area contributed by atoms with Crippen LogP contribution in [-0.4, -0.2) is 38.5 Å². The molecule has 4 rings (SSSR count). The van der Waals surface area contributed by atoms with Gasteiger partial charge in [-0.25, -0.2) is 0 Å². The number of nitrogens with zero attached hydrogens (tertiary/aromatic N) is 5. The number of pyridine rings is 1. The maximum absolute atomic E-state index is 12.0. The minimum absolute atomic E-state index is 0.00702. The van der Waals surface area contributed by atoms with Gasteiger partial charge in [-0.1, -0.05) is 5.16 Å². The Morgan fingerprint density at radius 2 is 2.28 bits per heavy atom. The maximum Gasteiger partial charge on any atom is 0.292 e. The average molecular weight is 338 g/mol. The van der Waals surface area contributed by atoms with Gasteiger partial charge in [-0.15, -0.1) is 0 Å². The molecule has 1 atom stereocenters. The van der Waals surface area contributed by atoms with Crippen molar-refractivity contribution in [1.29, 1.82) is 5.26 Å². The van der Waals surface area contributed by atoms with Crippen molar-refractivity contribution in [3.05, 3.63) is 41.3 Å². The Morgan fingerprint density at radius 1 is 1.40 bits per heavy atom. The molecule has 0 spiro atoms. The Labute approximate surface area is 144 Å². The van der Waals surface area contributed by atoms with E-state index < -0.39 is 0 Å². The van der Waals surface area contributed by atoms with Crippen LogP contribution in [0.15, 0.2) is 22.9 Å². The van der Waals surface area contributed by atoms with E-state index in [0.29, 0.717) is 18.0 Å². The summed E-state index contributed by atoms with van der Waals surface area (Å²) in [6, 6.07) is 5.94. The molecule has 1 amide bonds. The molecule has 25 heavy (non-hydrogen) atoms. The molecule has 2 aliphatic rings. The van der Waals surface area contributed by atoms with E-state index in [1.54, 1.807) is 12.3 Å². The number of amides is 1. The van der Waals surface area contributed by atoms with Crippen molar-refractivity contribution in [3.8, 4) is 6.07 Å².